The van der Waals surface area contributed by atoms with Crippen molar-refractivity contribution < 1.29 is 19.4 Å². The van der Waals surface area contributed by atoms with Crippen LogP contribution in [-0.4, -0.2) is 68.8 Å². The van der Waals surface area contributed by atoms with Gasteiger partial charge in [0.2, 0.25) is 0 Å². The molecule has 0 aromatic heterocycles. The topological polar surface area (TPSA) is 62.2 Å². The summed E-state index contributed by atoms with van der Waals surface area (Å²) >= 11 is 6.28. The largest absolute Gasteiger partial charge is 0.493 e. The Morgan fingerprint density at radius 1 is 1.14 bits per heavy atom. The fourth-order valence-electron chi connectivity index (χ4n) is 3.29. The van der Waals surface area contributed by atoms with Crippen LogP contribution in [0, 0.1) is 0 Å². The highest BCUT2D eigenvalue weighted by atomic mass is 35.5. The highest BCUT2D eigenvalue weighted by Crippen LogP contribution is 2.28. The second kappa shape index (κ2) is 9.78. The molecule has 0 bridgehead atoms. The lowest BCUT2D eigenvalue weighted by molar-refractivity contribution is 0.0653. The molecule has 1 saturated heterocycles. The minimum absolute atomic E-state index is 0.154. The first-order valence-corrected chi connectivity index (χ1v) is 9.64. The van der Waals surface area contributed by atoms with Gasteiger partial charge in [-0.2, -0.15) is 0 Å². The van der Waals surface area contributed by atoms with Crippen LogP contribution in [0.4, 0.5) is 5.69 Å². The van der Waals surface area contributed by atoms with Crippen LogP contribution >= 0.6 is 11.6 Å². The van der Waals surface area contributed by atoms with E-state index in [1.807, 2.05) is 24.3 Å². The summed E-state index contributed by atoms with van der Waals surface area (Å²) in [5.74, 6) is 0.987. The zero-order chi connectivity index (χ0) is 19.9. The summed E-state index contributed by atoms with van der Waals surface area (Å²) in [6, 6.07) is 12.8. The predicted octanol–water partition coefficient (Wildman–Crippen LogP) is 2.72. The lowest BCUT2D eigenvalue weighted by Gasteiger charge is -2.37. The fourth-order valence-corrected chi connectivity index (χ4v) is 3.55. The number of benzene rings is 2. The number of hydrogen-bond acceptors (Lipinski definition) is 6. The maximum absolute atomic E-state index is 10.9. The Kier molecular flexibility index (Phi) is 7.14. The second-order valence-electron chi connectivity index (χ2n) is 6.73. The van der Waals surface area contributed by atoms with Crippen molar-refractivity contribution in [2.75, 3.05) is 51.3 Å². The molecule has 7 heteroatoms. The number of rotatable bonds is 8. The van der Waals surface area contributed by atoms with Crippen LogP contribution in [0.5, 0.6) is 11.5 Å². The fraction of sp³-hybridized carbons (Fsp3) is 0.381. The Balaban J connectivity index is 1.47. The summed E-state index contributed by atoms with van der Waals surface area (Å²) < 4.78 is 10.9. The van der Waals surface area contributed by atoms with Gasteiger partial charge in [-0.3, -0.25) is 9.69 Å². The second-order valence-corrected chi connectivity index (χ2v) is 7.14. The van der Waals surface area contributed by atoms with E-state index in [9.17, 15) is 9.90 Å². The van der Waals surface area contributed by atoms with Crippen LogP contribution in [0.3, 0.4) is 0 Å². The van der Waals surface area contributed by atoms with Gasteiger partial charge in [0.05, 0.1) is 17.8 Å². The highest BCUT2D eigenvalue weighted by molar-refractivity contribution is 6.33. The maximum Gasteiger partial charge on any atom is 0.161 e. The van der Waals surface area contributed by atoms with E-state index in [-0.39, 0.29) is 6.61 Å². The third-order valence-corrected chi connectivity index (χ3v) is 5.11. The van der Waals surface area contributed by atoms with Crippen molar-refractivity contribution in [3.63, 3.8) is 0 Å². The average Bonchev–Trinajstić information content (AvgIpc) is 2.73. The standard InChI is InChI=1S/C21H25ClN2O4/c1-27-21-12-16(14-25)6-7-20(21)28-15-17(26)13-23-8-10-24(11-9-23)19-5-3-2-4-18(19)22/h2-7,12,14,17,26H,8-11,13,15H2,1H3. The molecule has 2 aromatic carbocycles. The van der Waals surface area contributed by atoms with Gasteiger partial charge in [0.1, 0.15) is 19.0 Å². The third kappa shape index (κ3) is 5.16. The molecule has 28 heavy (non-hydrogen) atoms. The van der Waals surface area contributed by atoms with Crippen molar-refractivity contribution in [2.45, 2.75) is 6.10 Å². The van der Waals surface area contributed by atoms with Crippen LogP contribution in [0.15, 0.2) is 42.5 Å². The lowest BCUT2D eigenvalue weighted by Crippen LogP contribution is -2.49. The molecule has 1 aliphatic rings. The normalized spacial score (nSPS) is 15.9. The van der Waals surface area contributed by atoms with Crippen molar-refractivity contribution >= 4 is 23.6 Å². The summed E-state index contributed by atoms with van der Waals surface area (Å²) in [6.07, 6.45) is 0.131. The molecule has 2 aromatic rings. The monoisotopic (exact) mass is 404 g/mol. The molecule has 1 fully saturated rings. The summed E-state index contributed by atoms with van der Waals surface area (Å²) in [5, 5.41) is 11.1. The molecular formula is C21H25ClN2O4. The summed E-state index contributed by atoms with van der Waals surface area (Å²) in [6.45, 7) is 4.10. The van der Waals surface area contributed by atoms with E-state index < -0.39 is 6.10 Å². The first-order valence-electron chi connectivity index (χ1n) is 9.26. The molecule has 1 heterocycles. The molecule has 0 saturated carbocycles. The van der Waals surface area contributed by atoms with Crippen LogP contribution in [0.25, 0.3) is 0 Å². The molecule has 0 amide bonds. The quantitative estimate of drug-likeness (QED) is 0.682. The van der Waals surface area contributed by atoms with Gasteiger partial charge in [-0.25, -0.2) is 0 Å². The van der Waals surface area contributed by atoms with Crippen LogP contribution < -0.4 is 14.4 Å². The van der Waals surface area contributed by atoms with E-state index >= 15 is 0 Å². The van der Waals surface area contributed by atoms with Crippen LogP contribution in [0.2, 0.25) is 5.02 Å². The molecule has 0 spiro atoms. The Bertz CT molecular complexity index is 794. The number of hydrogen-bond donors (Lipinski definition) is 1. The first-order chi connectivity index (χ1) is 13.6. The molecule has 1 N–H and O–H groups in total. The van der Waals surface area contributed by atoms with Gasteiger partial charge in [0.15, 0.2) is 11.5 Å². The summed E-state index contributed by atoms with van der Waals surface area (Å²) in [5.41, 5.74) is 1.57. The van der Waals surface area contributed by atoms with E-state index in [4.69, 9.17) is 21.1 Å². The number of halogens is 1. The number of carbonyl (C=O) groups is 1. The smallest absolute Gasteiger partial charge is 0.161 e. The number of piperazine rings is 1. The van der Waals surface area contributed by atoms with Crippen molar-refractivity contribution in [1.82, 2.24) is 4.90 Å². The highest BCUT2D eigenvalue weighted by Gasteiger charge is 2.21. The number of para-hydroxylation sites is 1. The van der Waals surface area contributed by atoms with Crippen LogP contribution in [-0.2, 0) is 0 Å². The molecule has 0 aliphatic carbocycles. The number of nitrogens with zero attached hydrogens (tertiary/aromatic N) is 2. The number of anilines is 1. The number of methoxy groups -OCH3 is 1. The molecule has 3 rings (SSSR count). The SMILES string of the molecule is COc1cc(C=O)ccc1OCC(O)CN1CCN(c2ccccc2Cl)CC1. The van der Waals surface area contributed by atoms with E-state index in [0.717, 1.165) is 43.2 Å². The molecule has 1 unspecified atom stereocenters. The molecule has 6 nitrogen and oxygen atoms in total. The molecule has 1 atom stereocenters. The Morgan fingerprint density at radius 3 is 2.57 bits per heavy atom. The number of β-amino-alcohol motifs (C(OH)–C–C–N with tert-alkyl or cyclic N) is 1. The molecule has 0 radical (unpaired) electrons. The molecular weight excluding hydrogens is 380 g/mol. The first kappa shape index (κ1) is 20.5. The van der Waals surface area contributed by atoms with E-state index in [2.05, 4.69) is 9.80 Å². The number of aliphatic hydroxyl groups excluding tert-OH is 1. The Labute approximate surface area is 170 Å². The zero-order valence-electron chi connectivity index (χ0n) is 15.9. The van der Waals surface area contributed by atoms with Gasteiger partial charge >= 0.3 is 0 Å². The van der Waals surface area contributed by atoms with Crippen molar-refractivity contribution in [1.29, 1.82) is 0 Å². The van der Waals surface area contributed by atoms with Crippen molar-refractivity contribution in [2.24, 2.45) is 0 Å². The Hall–Kier alpha value is -2.28. The zero-order valence-corrected chi connectivity index (χ0v) is 16.6. The minimum atomic E-state index is -0.623. The van der Waals surface area contributed by atoms with Gasteiger partial charge in [-0.05, 0) is 30.3 Å². The molecule has 1 aliphatic heterocycles. The number of ether oxygens (including phenoxy) is 2. The Morgan fingerprint density at radius 2 is 1.89 bits per heavy atom. The number of carbonyl (C=O) groups excluding carboxylic acids is 1. The predicted molar refractivity (Wildman–Crippen MR) is 110 cm³/mol. The maximum atomic E-state index is 10.9. The lowest BCUT2D eigenvalue weighted by atomic mass is 10.2. The van der Waals surface area contributed by atoms with Gasteiger partial charge in [0.25, 0.3) is 0 Å². The van der Waals surface area contributed by atoms with Crippen molar-refractivity contribution in [3.05, 3.63) is 53.1 Å². The van der Waals surface area contributed by atoms with E-state index in [1.54, 1.807) is 18.2 Å². The van der Waals surface area contributed by atoms with Crippen LogP contribution in [0.1, 0.15) is 10.4 Å². The summed E-state index contributed by atoms with van der Waals surface area (Å²) in [7, 11) is 1.52. The summed E-state index contributed by atoms with van der Waals surface area (Å²) in [4.78, 5) is 15.3. The number of aliphatic hydroxyl groups is 1. The van der Waals surface area contributed by atoms with Gasteiger partial charge in [-0.1, -0.05) is 23.7 Å². The van der Waals surface area contributed by atoms with Gasteiger partial charge < -0.3 is 19.5 Å². The van der Waals surface area contributed by atoms with Gasteiger partial charge in [0, 0.05) is 38.3 Å². The minimum Gasteiger partial charge on any atom is -0.493 e. The van der Waals surface area contributed by atoms with E-state index in [0.29, 0.717) is 23.6 Å². The van der Waals surface area contributed by atoms with Crippen molar-refractivity contribution in [3.8, 4) is 11.5 Å². The van der Waals surface area contributed by atoms with Gasteiger partial charge in [-0.15, -0.1) is 0 Å². The third-order valence-electron chi connectivity index (χ3n) is 4.79. The average molecular weight is 405 g/mol. The molecule has 150 valence electrons. The number of aldehydes is 1. The van der Waals surface area contributed by atoms with E-state index in [1.165, 1.54) is 7.11 Å².